The van der Waals surface area contributed by atoms with E-state index in [1.807, 2.05) is 53.4 Å². The van der Waals surface area contributed by atoms with Crippen molar-refractivity contribution in [1.29, 1.82) is 0 Å². The summed E-state index contributed by atoms with van der Waals surface area (Å²) in [6.45, 7) is 0.804. The van der Waals surface area contributed by atoms with Gasteiger partial charge >= 0.3 is 0 Å². The van der Waals surface area contributed by atoms with E-state index in [1.165, 1.54) is 12.8 Å². The van der Waals surface area contributed by atoms with Gasteiger partial charge in [-0.25, -0.2) is 0 Å². The normalized spacial score (nSPS) is 14.4. The van der Waals surface area contributed by atoms with Crippen LogP contribution in [0.4, 0.5) is 0 Å². The molecule has 0 saturated heterocycles. The summed E-state index contributed by atoms with van der Waals surface area (Å²) >= 11 is 0. The molecule has 0 aliphatic heterocycles. The molecule has 1 aliphatic carbocycles. The summed E-state index contributed by atoms with van der Waals surface area (Å²) in [6, 6.07) is 11.6. The third-order valence-electron chi connectivity index (χ3n) is 3.28. The fourth-order valence-corrected chi connectivity index (χ4v) is 2.04. The Balaban J connectivity index is 1.84. The molecular formula is C15H16N2O. The monoisotopic (exact) mass is 240 g/mol. The Morgan fingerprint density at radius 2 is 1.89 bits per heavy atom. The fraction of sp³-hybridized carbons (Fsp3) is 0.267. The molecule has 1 saturated carbocycles. The van der Waals surface area contributed by atoms with Crippen molar-refractivity contribution in [3.8, 4) is 5.69 Å². The zero-order chi connectivity index (χ0) is 12.4. The van der Waals surface area contributed by atoms with Crippen LogP contribution in [-0.2, 0) is 0 Å². The number of nitrogens with zero attached hydrogens (tertiary/aromatic N) is 1. The first-order chi connectivity index (χ1) is 8.84. The second-order valence-electron chi connectivity index (χ2n) is 4.76. The minimum atomic E-state index is 0.0196. The van der Waals surface area contributed by atoms with Gasteiger partial charge < -0.3 is 9.88 Å². The third kappa shape index (κ3) is 2.30. The predicted octanol–water partition coefficient (Wildman–Crippen LogP) is 2.62. The molecule has 1 aromatic carbocycles. The van der Waals surface area contributed by atoms with Crippen LogP contribution in [0.3, 0.4) is 0 Å². The van der Waals surface area contributed by atoms with E-state index < -0.39 is 0 Å². The van der Waals surface area contributed by atoms with Crippen molar-refractivity contribution in [3.63, 3.8) is 0 Å². The lowest BCUT2D eigenvalue weighted by molar-refractivity contribution is 0.0952. The van der Waals surface area contributed by atoms with E-state index in [-0.39, 0.29) is 5.91 Å². The van der Waals surface area contributed by atoms with Crippen LogP contribution in [0, 0.1) is 5.92 Å². The number of amides is 1. The molecule has 0 atom stereocenters. The second-order valence-corrected chi connectivity index (χ2v) is 4.76. The van der Waals surface area contributed by atoms with E-state index in [0.717, 1.165) is 17.8 Å². The maximum atomic E-state index is 12.2. The summed E-state index contributed by atoms with van der Waals surface area (Å²) in [5.74, 6) is 0.721. The highest BCUT2D eigenvalue weighted by Crippen LogP contribution is 2.27. The summed E-state index contributed by atoms with van der Waals surface area (Å²) < 4.78 is 1.96. The van der Waals surface area contributed by atoms with Crippen LogP contribution in [0.25, 0.3) is 5.69 Å². The zero-order valence-electron chi connectivity index (χ0n) is 10.2. The molecule has 3 rings (SSSR count). The third-order valence-corrected chi connectivity index (χ3v) is 3.28. The number of carbonyl (C=O) groups excluding carboxylic acids is 1. The summed E-state index contributed by atoms with van der Waals surface area (Å²) in [5.41, 5.74) is 1.66. The Bertz CT molecular complexity index is 541. The molecule has 1 heterocycles. The lowest BCUT2D eigenvalue weighted by Gasteiger charge is -2.10. The summed E-state index contributed by atoms with van der Waals surface area (Å²) in [4.78, 5) is 12.2. The van der Waals surface area contributed by atoms with E-state index in [9.17, 15) is 4.79 Å². The quantitative estimate of drug-likeness (QED) is 0.875. The van der Waals surface area contributed by atoms with E-state index in [0.29, 0.717) is 5.92 Å². The number of nitrogens with one attached hydrogen (secondary N) is 1. The first kappa shape index (κ1) is 11.1. The van der Waals surface area contributed by atoms with Gasteiger partial charge in [-0.05, 0) is 43.0 Å². The van der Waals surface area contributed by atoms with Gasteiger partial charge in [0.25, 0.3) is 5.91 Å². The average Bonchev–Trinajstić information content (AvgIpc) is 3.08. The number of para-hydroxylation sites is 1. The summed E-state index contributed by atoms with van der Waals surface area (Å²) in [5, 5.41) is 3.01. The molecule has 1 N–H and O–H groups in total. The van der Waals surface area contributed by atoms with Gasteiger partial charge in [0.05, 0.1) is 11.3 Å². The molecule has 0 bridgehead atoms. The van der Waals surface area contributed by atoms with Crippen LogP contribution < -0.4 is 5.32 Å². The molecule has 18 heavy (non-hydrogen) atoms. The number of hydrogen-bond acceptors (Lipinski definition) is 1. The summed E-state index contributed by atoms with van der Waals surface area (Å²) in [7, 11) is 0. The second kappa shape index (κ2) is 4.69. The van der Waals surface area contributed by atoms with E-state index in [1.54, 1.807) is 0 Å². The smallest absolute Gasteiger partial charge is 0.253 e. The lowest BCUT2D eigenvalue weighted by atomic mass is 10.1. The Hall–Kier alpha value is -2.03. The Kier molecular flexibility index (Phi) is 2.89. The first-order valence-corrected chi connectivity index (χ1v) is 6.35. The zero-order valence-corrected chi connectivity index (χ0v) is 10.2. The van der Waals surface area contributed by atoms with E-state index in [4.69, 9.17) is 0 Å². The van der Waals surface area contributed by atoms with Crippen molar-refractivity contribution in [2.45, 2.75) is 12.8 Å². The van der Waals surface area contributed by atoms with Crippen molar-refractivity contribution in [1.82, 2.24) is 9.88 Å². The number of hydrogen-bond donors (Lipinski definition) is 1. The maximum absolute atomic E-state index is 12.2. The van der Waals surface area contributed by atoms with Crippen LogP contribution in [0.2, 0.25) is 0 Å². The lowest BCUT2D eigenvalue weighted by Crippen LogP contribution is -2.26. The average molecular weight is 240 g/mol. The van der Waals surface area contributed by atoms with Gasteiger partial charge in [0.15, 0.2) is 0 Å². The number of aromatic nitrogens is 1. The Labute approximate surface area is 106 Å². The highest BCUT2D eigenvalue weighted by atomic mass is 16.1. The minimum absolute atomic E-state index is 0.0196. The molecule has 1 fully saturated rings. The number of rotatable bonds is 4. The highest BCUT2D eigenvalue weighted by Gasteiger charge is 2.22. The van der Waals surface area contributed by atoms with Crippen LogP contribution in [0.1, 0.15) is 23.2 Å². The molecule has 3 nitrogen and oxygen atoms in total. The van der Waals surface area contributed by atoms with Crippen LogP contribution in [0.15, 0.2) is 48.8 Å². The van der Waals surface area contributed by atoms with Gasteiger partial charge in [-0.1, -0.05) is 12.1 Å². The van der Waals surface area contributed by atoms with Gasteiger partial charge in [-0.15, -0.1) is 0 Å². The van der Waals surface area contributed by atoms with E-state index >= 15 is 0 Å². The van der Waals surface area contributed by atoms with Crippen LogP contribution >= 0.6 is 0 Å². The fourth-order valence-electron chi connectivity index (χ4n) is 2.04. The topological polar surface area (TPSA) is 34.0 Å². The van der Waals surface area contributed by atoms with Crippen LogP contribution in [0.5, 0.6) is 0 Å². The Morgan fingerprint density at radius 3 is 2.61 bits per heavy atom. The number of benzene rings is 1. The molecule has 0 radical (unpaired) electrons. The molecular weight excluding hydrogens is 224 g/mol. The molecule has 92 valence electrons. The van der Waals surface area contributed by atoms with Crippen molar-refractivity contribution >= 4 is 5.91 Å². The van der Waals surface area contributed by atoms with Crippen molar-refractivity contribution < 1.29 is 4.79 Å². The standard InChI is InChI=1S/C15H16N2O/c18-15(16-11-12-7-8-12)13-5-1-2-6-14(13)17-9-3-4-10-17/h1-6,9-10,12H,7-8,11H2,(H,16,18). The van der Waals surface area contributed by atoms with Crippen molar-refractivity contribution in [2.24, 2.45) is 5.92 Å². The first-order valence-electron chi connectivity index (χ1n) is 6.35. The summed E-state index contributed by atoms with van der Waals surface area (Å²) in [6.07, 6.45) is 6.40. The number of carbonyl (C=O) groups is 1. The SMILES string of the molecule is O=C(NCC1CC1)c1ccccc1-n1cccc1. The molecule has 3 heteroatoms. The predicted molar refractivity (Wildman–Crippen MR) is 70.8 cm³/mol. The highest BCUT2D eigenvalue weighted by molar-refractivity contribution is 5.97. The molecule has 1 amide bonds. The van der Waals surface area contributed by atoms with Crippen LogP contribution in [-0.4, -0.2) is 17.0 Å². The van der Waals surface area contributed by atoms with Gasteiger partial charge in [-0.2, -0.15) is 0 Å². The largest absolute Gasteiger partial charge is 0.352 e. The van der Waals surface area contributed by atoms with Crippen molar-refractivity contribution in [3.05, 3.63) is 54.4 Å². The van der Waals surface area contributed by atoms with Gasteiger partial charge in [0.1, 0.15) is 0 Å². The maximum Gasteiger partial charge on any atom is 0.253 e. The van der Waals surface area contributed by atoms with Gasteiger partial charge in [-0.3, -0.25) is 4.79 Å². The molecule has 1 aliphatic rings. The van der Waals surface area contributed by atoms with Gasteiger partial charge in [0.2, 0.25) is 0 Å². The Morgan fingerprint density at radius 1 is 1.17 bits per heavy atom. The van der Waals surface area contributed by atoms with E-state index in [2.05, 4.69) is 5.32 Å². The molecule has 1 aromatic heterocycles. The van der Waals surface area contributed by atoms with Gasteiger partial charge in [0, 0.05) is 18.9 Å². The molecule has 2 aromatic rings. The molecule has 0 unspecified atom stereocenters. The van der Waals surface area contributed by atoms with Crippen molar-refractivity contribution in [2.75, 3.05) is 6.54 Å². The minimum Gasteiger partial charge on any atom is -0.352 e. The molecule has 0 spiro atoms.